The van der Waals surface area contributed by atoms with Crippen LogP contribution in [0.5, 0.6) is 0 Å². The van der Waals surface area contributed by atoms with Crippen molar-refractivity contribution in [3.63, 3.8) is 0 Å². The van der Waals surface area contributed by atoms with Gasteiger partial charge in [0.2, 0.25) is 11.9 Å². The fourth-order valence-electron chi connectivity index (χ4n) is 2.91. The average Bonchev–Trinajstić information content (AvgIpc) is 3.08. The number of fused-ring (bicyclic) bond motifs is 1. The van der Waals surface area contributed by atoms with Crippen LogP contribution in [-0.2, 0) is 21.4 Å². The largest absolute Gasteiger partial charge is 0.419 e. The van der Waals surface area contributed by atoms with Gasteiger partial charge in [0.1, 0.15) is 0 Å². The van der Waals surface area contributed by atoms with E-state index in [-0.39, 0.29) is 29.7 Å². The minimum atomic E-state index is -3.86. The van der Waals surface area contributed by atoms with E-state index in [9.17, 15) is 18.0 Å². The molecule has 0 atom stereocenters. The van der Waals surface area contributed by atoms with E-state index in [2.05, 4.69) is 20.0 Å². The van der Waals surface area contributed by atoms with Crippen molar-refractivity contribution in [1.82, 2.24) is 14.5 Å². The number of carbonyl (C=O) groups excluding carboxylic acids is 1. The molecule has 0 aliphatic rings. The monoisotopic (exact) mass is 439 g/mol. The van der Waals surface area contributed by atoms with Crippen molar-refractivity contribution in [3.8, 4) is 0 Å². The van der Waals surface area contributed by atoms with Crippen LogP contribution in [0.25, 0.3) is 11.1 Å². The molecule has 0 spiro atoms. The molecule has 0 aliphatic carbocycles. The fraction of sp³-hybridized carbons (Fsp3) is 0.100. The van der Waals surface area contributed by atoms with Crippen molar-refractivity contribution in [2.75, 3.05) is 10.0 Å². The standard InChI is InChI=1S/C20H17N5O5S/c26-18(10-13-25-16-4-1-2-5-17(16)30-20(25)27)23-14-6-8-15(9-7-14)31(28,29)24-19-21-11-3-12-22-19/h1-9,11-12H,10,13H2,(H,23,26)(H,21,22,24). The minimum absolute atomic E-state index is 0.00521. The molecule has 2 aromatic heterocycles. The van der Waals surface area contributed by atoms with Gasteiger partial charge in [0.05, 0.1) is 10.4 Å². The van der Waals surface area contributed by atoms with Crippen LogP contribution in [0.4, 0.5) is 11.6 Å². The Morgan fingerprint density at radius 3 is 2.45 bits per heavy atom. The number of rotatable bonds is 7. The summed E-state index contributed by atoms with van der Waals surface area (Å²) in [7, 11) is -3.86. The van der Waals surface area contributed by atoms with E-state index >= 15 is 0 Å². The molecule has 0 fully saturated rings. The Morgan fingerprint density at radius 2 is 1.71 bits per heavy atom. The van der Waals surface area contributed by atoms with E-state index in [1.165, 1.54) is 41.2 Å². The number of amides is 1. The predicted octanol–water partition coefficient (Wildman–Crippen LogP) is 2.21. The van der Waals surface area contributed by atoms with Crippen LogP contribution in [0.1, 0.15) is 6.42 Å². The number of anilines is 2. The number of aromatic nitrogens is 3. The van der Waals surface area contributed by atoms with Gasteiger partial charge in [0, 0.05) is 31.0 Å². The SMILES string of the molecule is O=C(CCn1c(=O)oc2ccccc21)Nc1ccc(S(=O)(=O)Nc2ncccn2)cc1. The number of sulfonamides is 1. The maximum absolute atomic E-state index is 12.4. The third kappa shape index (κ3) is 4.61. The normalized spacial score (nSPS) is 11.4. The van der Waals surface area contributed by atoms with Gasteiger partial charge in [-0.05, 0) is 42.5 Å². The summed E-state index contributed by atoms with van der Waals surface area (Å²) in [6, 6.07) is 14.2. The number of hydrogen-bond donors (Lipinski definition) is 2. The molecular weight excluding hydrogens is 422 g/mol. The van der Waals surface area contributed by atoms with Crippen LogP contribution in [0.2, 0.25) is 0 Å². The number of benzene rings is 2. The zero-order valence-electron chi connectivity index (χ0n) is 16.1. The van der Waals surface area contributed by atoms with E-state index in [4.69, 9.17) is 4.42 Å². The predicted molar refractivity (Wildman–Crippen MR) is 113 cm³/mol. The minimum Gasteiger partial charge on any atom is -0.408 e. The summed E-state index contributed by atoms with van der Waals surface area (Å²) in [6.07, 6.45) is 2.88. The summed E-state index contributed by atoms with van der Waals surface area (Å²) in [5, 5.41) is 2.68. The molecule has 158 valence electrons. The Morgan fingerprint density at radius 1 is 1.00 bits per heavy atom. The second kappa shape index (κ2) is 8.40. The highest BCUT2D eigenvalue weighted by molar-refractivity contribution is 7.92. The second-order valence-electron chi connectivity index (χ2n) is 6.49. The maximum atomic E-state index is 12.4. The molecule has 4 rings (SSSR count). The molecule has 4 aromatic rings. The molecule has 10 nitrogen and oxygen atoms in total. The van der Waals surface area contributed by atoms with Gasteiger partial charge in [0.15, 0.2) is 5.58 Å². The Balaban J connectivity index is 1.39. The first-order valence-electron chi connectivity index (χ1n) is 9.20. The summed E-state index contributed by atoms with van der Waals surface area (Å²) in [5.74, 6) is -0.899. The van der Waals surface area contributed by atoms with Gasteiger partial charge in [-0.15, -0.1) is 0 Å². The molecule has 1 amide bonds. The molecular formula is C20H17N5O5S. The number of hydrogen-bond acceptors (Lipinski definition) is 7. The molecule has 0 aliphatic heterocycles. The average molecular weight is 439 g/mol. The summed E-state index contributed by atoms with van der Waals surface area (Å²) < 4.78 is 33.6. The van der Waals surface area contributed by atoms with Crippen LogP contribution in [-0.4, -0.2) is 28.9 Å². The Bertz CT molecular complexity index is 1380. The molecule has 0 bridgehead atoms. The van der Waals surface area contributed by atoms with Gasteiger partial charge in [-0.1, -0.05) is 12.1 Å². The van der Waals surface area contributed by atoms with Crippen molar-refractivity contribution in [1.29, 1.82) is 0 Å². The summed E-state index contributed by atoms with van der Waals surface area (Å²) in [6.45, 7) is 0.148. The van der Waals surface area contributed by atoms with E-state index in [0.717, 1.165) is 0 Å². The molecule has 0 radical (unpaired) electrons. The van der Waals surface area contributed by atoms with Crippen LogP contribution in [0.15, 0.2) is 81.1 Å². The Kier molecular flexibility index (Phi) is 5.50. The lowest BCUT2D eigenvalue weighted by atomic mass is 10.3. The fourth-order valence-corrected chi connectivity index (χ4v) is 3.87. The van der Waals surface area contributed by atoms with Gasteiger partial charge in [-0.25, -0.2) is 27.9 Å². The second-order valence-corrected chi connectivity index (χ2v) is 8.17. The molecule has 2 heterocycles. The quantitative estimate of drug-likeness (QED) is 0.450. The van der Waals surface area contributed by atoms with E-state index < -0.39 is 15.8 Å². The number of nitrogens with zero attached hydrogens (tertiary/aromatic N) is 3. The van der Waals surface area contributed by atoms with Gasteiger partial charge < -0.3 is 9.73 Å². The van der Waals surface area contributed by atoms with Crippen LogP contribution < -0.4 is 15.8 Å². The Hall–Kier alpha value is -3.99. The molecule has 0 saturated heterocycles. The highest BCUT2D eigenvalue weighted by Gasteiger charge is 2.16. The summed E-state index contributed by atoms with van der Waals surface area (Å²) in [4.78, 5) is 31.9. The number of carbonyl (C=O) groups is 1. The summed E-state index contributed by atoms with van der Waals surface area (Å²) in [5.41, 5.74) is 1.49. The van der Waals surface area contributed by atoms with Crippen LogP contribution in [0, 0.1) is 0 Å². The highest BCUT2D eigenvalue weighted by atomic mass is 32.2. The highest BCUT2D eigenvalue weighted by Crippen LogP contribution is 2.17. The van der Waals surface area contributed by atoms with Gasteiger partial charge in [0.25, 0.3) is 10.0 Å². The van der Waals surface area contributed by atoms with E-state index in [0.29, 0.717) is 16.8 Å². The summed E-state index contributed by atoms with van der Waals surface area (Å²) >= 11 is 0. The molecule has 2 aromatic carbocycles. The lowest BCUT2D eigenvalue weighted by Gasteiger charge is -2.08. The molecule has 11 heteroatoms. The van der Waals surface area contributed by atoms with E-state index in [1.807, 2.05) is 0 Å². The van der Waals surface area contributed by atoms with Crippen molar-refractivity contribution < 1.29 is 17.6 Å². The molecule has 0 saturated carbocycles. The first kappa shape index (κ1) is 20.3. The third-order valence-corrected chi connectivity index (χ3v) is 5.72. The van der Waals surface area contributed by atoms with Gasteiger partial charge >= 0.3 is 5.76 Å². The van der Waals surface area contributed by atoms with Gasteiger partial charge in [-0.2, -0.15) is 0 Å². The number of nitrogens with one attached hydrogen (secondary N) is 2. The number of oxazole rings is 1. The van der Waals surface area contributed by atoms with Crippen molar-refractivity contribution in [2.24, 2.45) is 0 Å². The lowest BCUT2D eigenvalue weighted by molar-refractivity contribution is -0.116. The number of aryl methyl sites for hydroxylation is 1. The van der Waals surface area contributed by atoms with Crippen molar-refractivity contribution >= 4 is 38.7 Å². The lowest BCUT2D eigenvalue weighted by Crippen LogP contribution is -2.20. The first-order chi connectivity index (χ1) is 14.9. The smallest absolute Gasteiger partial charge is 0.408 e. The Labute approximate surface area is 176 Å². The number of para-hydroxylation sites is 2. The van der Waals surface area contributed by atoms with Crippen LogP contribution >= 0.6 is 0 Å². The van der Waals surface area contributed by atoms with Crippen molar-refractivity contribution in [3.05, 3.63) is 77.5 Å². The molecule has 0 unspecified atom stereocenters. The third-order valence-electron chi connectivity index (χ3n) is 4.38. The maximum Gasteiger partial charge on any atom is 0.419 e. The molecule has 31 heavy (non-hydrogen) atoms. The first-order valence-corrected chi connectivity index (χ1v) is 10.7. The van der Waals surface area contributed by atoms with Gasteiger partial charge in [-0.3, -0.25) is 9.36 Å². The van der Waals surface area contributed by atoms with Crippen molar-refractivity contribution in [2.45, 2.75) is 17.9 Å². The van der Waals surface area contributed by atoms with Crippen LogP contribution in [0.3, 0.4) is 0 Å². The van der Waals surface area contributed by atoms with E-state index in [1.54, 1.807) is 30.3 Å². The topological polar surface area (TPSA) is 136 Å². The zero-order chi connectivity index (χ0) is 21.8. The zero-order valence-corrected chi connectivity index (χ0v) is 16.9. The molecule has 2 N–H and O–H groups in total.